The number of sulfone groups is 1. The molecule has 1 atom stereocenters. The van der Waals surface area contributed by atoms with Gasteiger partial charge >= 0.3 is 0 Å². The van der Waals surface area contributed by atoms with Crippen LogP contribution >= 0.6 is 0 Å². The Morgan fingerprint density at radius 2 is 2.08 bits per heavy atom. The van der Waals surface area contributed by atoms with Crippen molar-refractivity contribution in [3.63, 3.8) is 0 Å². The zero-order chi connectivity index (χ0) is 18.0. The van der Waals surface area contributed by atoms with Crippen LogP contribution in [0.2, 0.25) is 0 Å². The van der Waals surface area contributed by atoms with E-state index in [2.05, 4.69) is 9.97 Å². The average molecular weight is 367 g/mol. The van der Waals surface area contributed by atoms with Gasteiger partial charge in [-0.3, -0.25) is 9.69 Å². The summed E-state index contributed by atoms with van der Waals surface area (Å²) < 4.78 is 23.2. The van der Waals surface area contributed by atoms with E-state index in [0.29, 0.717) is 25.4 Å². The monoisotopic (exact) mass is 367 g/mol. The summed E-state index contributed by atoms with van der Waals surface area (Å²) in [6.45, 7) is 1.64. The number of likely N-dealkylation sites (tertiary alicyclic amines) is 1. The second kappa shape index (κ2) is 7.25. The molecule has 0 spiro atoms. The molecule has 2 saturated heterocycles. The molecule has 2 N–H and O–H groups in total. The lowest BCUT2D eigenvalue weighted by Crippen LogP contribution is -2.45. The Morgan fingerprint density at radius 1 is 1.36 bits per heavy atom. The lowest BCUT2D eigenvalue weighted by molar-refractivity contribution is -0.133. The van der Waals surface area contributed by atoms with Crippen LogP contribution < -0.4 is 5.73 Å². The molecule has 9 heteroatoms. The Balaban J connectivity index is 1.50. The van der Waals surface area contributed by atoms with Gasteiger partial charge in [0.05, 0.1) is 18.1 Å². The van der Waals surface area contributed by atoms with Gasteiger partial charge in [-0.25, -0.2) is 18.4 Å². The molecule has 0 radical (unpaired) electrons. The molecule has 2 fully saturated rings. The van der Waals surface area contributed by atoms with Crippen molar-refractivity contribution in [1.82, 2.24) is 19.8 Å². The zero-order valence-electron chi connectivity index (χ0n) is 14.5. The molecule has 0 saturated carbocycles. The number of nitrogens with two attached hydrogens (primary N) is 1. The summed E-state index contributed by atoms with van der Waals surface area (Å²) in [6, 6.07) is 1.84. The van der Waals surface area contributed by atoms with Gasteiger partial charge in [0.1, 0.15) is 0 Å². The predicted molar refractivity (Wildman–Crippen MR) is 94.7 cm³/mol. The third-order valence-electron chi connectivity index (χ3n) is 5.18. The van der Waals surface area contributed by atoms with Gasteiger partial charge in [-0.15, -0.1) is 0 Å². The summed E-state index contributed by atoms with van der Waals surface area (Å²) in [7, 11) is -1.10. The molecule has 25 heavy (non-hydrogen) atoms. The topological polar surface area (TPSA) is 109 Å². The van der Waals surface area contributed by atoms with Gasteiger partial charge in [0.25, 0.3) is 0 Å². The molecule has 1 aromatic heterocycles. The Bertz CT molecular complexity index is 731. The fourth-order valence-corrected chi connectivity index (χ4v) is 5.41. The van der Waals surface area contributed by atoms with Gasteiger partial charge in [-0.05, 0) is 32.4 Å². The number of nitrogens with zero attached hydrogens (tertiary/aromatic N) is 4. The summed E-state index contributed by atoms with van der Waals surface area (Å²) in [5.41, 5.74) is 6.58. The predicted octanol–water partition coefficient (Wildman–Crippen LogP) is -0.116. The molecule has 2 aliphatic heterocycles. The van der Waals surface area contributed by atoms with E-state index >= 15 is 0 Å². The lowest BCUT2D eigenvalue weighted by atomic mass is 9.93. The number of carbonyl (C=O) groups is 1. The van der Waals surface area contributed by atoms with Crippen molar-refractivity contribution >= 4 is 21.7 Å². The number of amides is 1. The summed E-state index contributed by atoms with van der Waals surface area (Å²) in [5.74, 6) is 1.03. The molecule has 1 amide bonds. The Labute approximate surface area is 148 Å². The van der Waals surface area contributed by atoms with E-state index in [-0.39, 0.29) is 35.9 Å². The van der Waals surface area contributed by atoms with Crippen LogP contribution in [0.4, 0.5) is 5.95 Å². The lowest BCUT2D eigenvalue weighted by Gasteiger charge is -2.33. The fourth-order valence-electron chi connectivity index (χ4n) is 3.61. The van der Waals surface area contributed by atoms with Gasteiger partial charge in [0.2, 0.25) is 11.9 Å². The molecule has 1 aromatic rings. The first kappa shape index (κ1) is 18.1. The number of rotatable bonds is 4. The molecular formula is C16H25N5O3S. The van der Waals surface area contributed by atoms with E-state index in [1.807, 2.05) is 22.9 Å². The minimum atomic E-state index is -2.93. The Kier molecular flexibility index (Phi) is 5.24. The zero-order valence-corrected chi connectivity index (χ0v) is 15.3. The minimum absolute atomic E-state index is 0.0458. The minimum Gasteiger partial charge on any atom is -0.368 e. The van der Waals surface area contributed by atoms with Crippen LogP contribution in [0.1, 0.15) is 30.9 Å². The number of nitrogen functional groups attached to an aromatic ring is 1. The highest BCUT2D eigenvalue weighted by molar-refractivity contribution is 7.91. The highest BCUT2D eigenvalue weighted by Gasteiger charge is 2.32. The largest absolute Gasteiger partial charge is 0.368 e. The number of anilines is 1. The normalized spacial score (nSPS) is 23.9. The van der Waals surface area contributed by atoms with E-state index in [1.54, 1.807) is 6.20 Å². The molecule has 3 rings (SSSR count). The number of hydrogen-bond donors (Lipinski definition) is 1. The van der Waals surface area contributed by atoms with Gasteiger partial charge < -0.3 is 10.6 Å². The van der Waals surface area contributed by atoms with Crippen molar-refractivity contribution in [1.29, 1.82) is 0 Å². The Morgan fingerprint density at radius 3 is 2.68 bits per heavy atom. The molecule has 3 heterocycles. The van der Waals surface area contributed by atoms with Crippen molar-refractivity contribution in [2.75, 3.05) is 43.9 Å². The molecule has 0 bridgehead atoms. The van der Waals surface area contributed by atoms with E-state index < -0.39 is 9.84 Å². The number of piperidine rings is 1. The molecule has 1 unspecified atom stereocenters. The van der Waals surface area contributed by atoms with Gasteiger partial charge in [-0.2, -0.15) is 0 Å². The van der Waals surface area contributed by atoms with E-state index in [1.165, 1.54) is 0 Å². The highest BCUT2D eigenvalue weighted by atomic mass is 32.2. The number of likely N-dealkylation sites (N-methyl/N-ethyl adjacent to an activating group) is 1. The molecular weight excluding hydrogens is 342 g/mol. The maximum absolute atomic E-state index is 12.5. The van der Waals surface area contributed by atoms with Crippen LogP contribution in [0.25, 0.3) is 0 Å². The fraction of sp³-hybridized carbons (Fsp3) is 0.688. The van der Waals surface area contributed by atoms with Gasteiger partial charge in [-0.1, -0.05) is 0 Å². The molecule has 0 aliphatic carbocycles. The second-order valence-corrected chi connectivity index (χ2v) is 9.20. The van der Waals surface area contributed by atoms with Crippen molar-refractivity contribution in [2.24, 2.45) is 0 Å². The first-order chi connectivity index (χ1) is 11.8. The standard InChI is InChI=1S/C16H25N5O3S/c1-20(13-5-9-25(23,24)11-13)10-15(22)21-7-3-12(4-8-21)14-2-6-18-16(17)19-14/h2,6,12-13H,3-5,7-11H2,1H3,(H2,17,18,19). The number of carbonyl (C=O) groups excluding carboxylic acids is 1. The van der Waals surface area contributed by atoms with Crippen LogP contribution in [0.5, 0.6) is 0 Å². The summed E-state index contributed by atoms with van der Waals surface area (Å²) in [6.07, 6.45) is 3.98. The Hall–Kier alpha value is -1.74. The first-order valence-corrected chi connectivity index (χ1v) is 10.4. The van der Waals surface area contributed by atoms with E-state index in [0.717, 1.165) is 18.5 Å². The average Bonchev–Trinajstić information content (AvgIpc) is 2.95. The van der Waals surface area contributed by atoms with Crippen LogP contribution in [0, 0.1) is 0 Å². The van der Waals surface area contributed by atoms with E-state index in [4.69, 9.17) is 5.73 Å². The third-order valence-corrected chi connectivity index (χ3v) is 6.93. The summed E-state index contributed by atoms with van der Waals surface area (Å²) >= 11 is 0. The van der Waals surface area contributed by atoms with Crippen molar-refractivity contribution in [3.8, 4) is 0 Å². The maximum Gasteiger partial charge on any atom is 0.236 e. The van der Waals surface area contributed by atoms with Crippen molar-refractivity contribution in [3.05, 3.63) is 18.0 Å². The van der Waals surface area contributed by atoms with Crippen LogP contribution in [0.3, 0.4) is 0 Å². The van der Waals surface area contributed by atoms with Crippen LogP contribution in [0.15, 0.2) is 12.3 Å². The summed E-state index contributed by atoms with van der Waals surface area (Å²) in [5, 5.41) is 0. The SMILES string of the molecule is CN(CC(=O)N1CCC(c2ccnc(N)n2)CC1)C1CCS(=O)(=O)C1. The van der Waals surface area contributed by atoms with Crippen LogP contribution in [-0.4, -0.2) is 78.3 Å². The highest BCUT2D eigenvalue weighted by Crippen LogP contribution is 2.27. The molecule has 0 aromatic carbocycles. The molecule has 8 nitrogen and oxygen atoms in total. The molecule has 2 aliphatic rings. The molecule has 138 valence electrons. The first-order valence-electron chi connectivity index (χ1n) is 8.61. The number of aromatic nitrogens is 2. The smallest absolute Gasteiger partial charge is 0.236 e. The third kappa shape index (κ3) is 4.46. The quantitative estimate of drug-likeness (QED) is 0.790. The van der Waals surface area contributed by atoms with Gasteiger partial charge in [0, 0.05) is 36.9 Å². The van der Waals surface area contributed by atoms with E-state index in [9.17, 15) is 13.2 Å². The summed E-state index contributed by atoms with van der Waals surface area (Å²) in [4.78, 5) is 24.4. The maximum atomic E-state index is 12.5. The van der Waals surface area contributed by atoms with Gasteiger partial charge in [0.15, 0.2) is 9.84 Å². The second-order valence-electron chi connectivity index (χ2n) is 6.97. The number of hydrogen-bond acceptors (Lipinski definition) is 7. The van der Waals surface area contributed by atoms with Crippen LogP contribution in [-0.2, 0) is 14.6 Å². The van der Waals surface area contributed by atoms with Crippen molar-refractivity contribution in [2.45, 2.75) is 31.2 Å². The van der Waals surface area contributed by atoms with Crippen molar-refractivity contribution < 1.29 is 13.2 Å².